The van der Waals surface area contributed by atoms with Gasteiger partial charge < -0.3 is 4.52 Å². The maximum Gasteiger partial charge on any atom is 0.271 e. The van der Waals surface area contributed by atoms with Crippen LogP contribution in [0.15, 0.2) is 50.5 Å². The van der Waals surface area contributed by atoms with Crippen molar-refractivity contribution in [2.75, 3.05) is 4.72 Å². The van der Waals surface area contributed by atoms with Crippen molar-refractivity contribution >= 4 is 27.0 Å². The molecule has 124 valence electrons. The van der Waals surface area contributed by atoms with Crippen LogP contribution in [0.5, 0.6) is 0 Å². The van der Waals surface area contributed by atoms with Gasteiger partial charge in [0, 0.05) is 22.5 Å². The number of nitrogens with one attached hydrogen (secondary N) is 1. The molecule has 1 N–H and O–H groups in total. The number of benzene rings is 1. The average molecular weight is 361 g/mol. The Morgan fingerprint density at radius 1 is 1.21 bits per heavy atom. The molecular weight excluding hydrogens is 346 g/mol. The molecule has 6 nitrogen and oxygen atoms in total. The van der Waals surface area contributed by atoms with Crippen LogP contribution in [0.2, 0.25) is 0 Å². The third kappa shape index (κ3) is 2.94. The van der Waals surface area contributed by atoms with E-state index >= 15 is 0 Å². The number of rotatable bonds is 5. The van der Waals surface area contributed by atoms with E-state index in [1.807, 2.05) is 6.07 Å². The number of sulfonamides is 1. The lowest BCUT2D eigenvalue weighted by atomic mass is 9.85. The predicted octanol–water partition coefficient (Wildman–Crippen LogP) is 3.87. The second-order valence-corrected chi connectivity index (χ2v) is 8.53. The van der Waals surface area contributed by atoms with Crippen molar-refractivity contribution in [3.8, 4) is 11.4 Å². The first-order valence-corrected chi connectivity index (χ1v) is 9.98. The van der Waals surface area contributed by atoms with Crippen molar-refractivity contribution < 1.29 is 12.9 Å². The quantitative estimate of drug-likeness (QED) is 0.746. The molecule has 8 heteroatoms. The zero-order valence-corrected chi connectivity index (χ0v) is 14.3. The van der Waals surface area contributed by atoms with Crippen molar-refractivity contribution in [1.29, 1.82) is 0 Å². The van der Waals surface area contributed by atoms with Crippen LogP contribution in [0.1, 0.15) is 31.1 Å². The topological polar surface area (TPSA) is 85.1 Å². The molecule has 0 bridgehead atoms. The molecule has 0 radical (unpaired) electrons. The standard InChI is InChI=1S/C16H15N3O3S2/c20-24(21,19-13-7-2-1-3-8-13)14-9-12(10-23-14)15-17-16(22-18-15)11-5-4-6-11/h1-3,7-11,19H,4-6H2. The lowest BCUT2D eigenvalue weighted by molar-refractivity contribution is 0.292. The summed E-state index contributed by atoms with van der Waals surface area (Å²) in [6.45, 7) is 0. The fourth-order valence-electron chi connectivity index (χ4n) is 2.46. The number of thiophene rings is 1. The molecule has 2 heterocycles. The van der Waals surface area contributed by atoms with Gasteiger partial charge in [0.2, 0.25) is 11.7 Å². The minimum Gasteiger partial charge on any atom is -0.339 e. The molecular formula is C16H15N3O3S2. The second kappa shape index (κ2) is 6.03. The van der Waals surface area contributed by atoms with Gasteiger partial charge in [-0.25, -0.2) is 8.42 Å². The molecule has 4 rings (SSSR count). The zero-order chi connectivity index (χ0) is 16.6. The van der Waals surface area contributed by atoms with Gasteiger partial charge in [-0.2, -0.15) is 4.98 Å². The van der Waals surface area contributed by atoms with Crippen molar-refractivity contribution in [2.24, 2.45) is 0 Å². The van der Waals surface area contributed by atoms with E-state index in [0.717, 1.165) is 24.2 Å². The van der Waals surface area contributed by atoms with Crippen LogP contribution < -0.4 is 4.72 Å². The summed E-state index contributed by atoms with van der Waals surface area (Å²) in [6, 6.07) is 10.4. The Hall–Kier alpha value is -2.19. The number of aromatic nitrogens is 2. The SMILES string of the molecule is O=S(=O)(Nc1ccccc1)c1cc(-c2noc(C3CCC3)n2)cs1. The first kappa shape index (κ1) is 15.3. The van der Waals surface area contributed by atoms with Gasteiger partial charge in [-0.15, -0.1) is 11.3 Å². The molecule has 0 spiro atoms. The summed E-state index contributed by atoms with van der Waals surface area (Å²) in [7, 11) is -3.62. The summed E-state index contributed by atoms with van der Waals surface area (Å²) < 4.78 is 33.0. The van der Waals surface area contributed by atoms with Crippen molar-refractivity contribution in [3.05, 3.63) is 47.7 Å². The van der Waals surface area contributed by atoms with Crippen LogP contribution in [0.25, 0.3) is 11.4 Å². The summed E-state index contributed by atoms with van der Waals surface area (Å²) >= 11 is 1.14. The average Bonchev–Trinajstić information content (AvgIpc) is 3.15. The summed E-state index contributed by atoms with van der Waals surface area (Å²) in [6.07, 6.45) is 3.34. The van der Waals surface area contributed by atoms with Gasteiger partial charge in [-0.3, -0.25) is 4.72 Å². The highest BCUT2D eigenvalue weighted by Gasteiger charge is 2.26. The number of hydrogen-bond donors (Lipinski definition) is 1. The van der Waals surface area contributed by atoms with Gasteiger partial charge in [0.05, 0.1) is 0 Å². The first-order valence-electron chi connectivity index (χ1n) is 7.62. The van der Waals surface area contributed by atoms with Crippen LogP contribution in [0.4, 0.5) is 5.69 Å². The molecule has 2 aromatic heterocycles. The van der Waals surface area contributed by atoms with Crippen LogP contribution in [0, 0.1) is 0 Å². The molecule has 1 aliphatic carbocycles. The van der Waals surface area contributed by atoms with E-state index in [1.54, 1.807) is 35.7 Å². The molecule has 0 unspecified atom stereocenters. The van der Waals surface area contributed by atoms with Gasteiger partial charge in [0.1, 0.15) is 4.21 Å². The Labute approximate surface area is 143 Å². The number of hydrogen-bond acceptors (Lipinski definition) is 6. The van der Waals surface area contributed by atoms with E-state index in [1.165, 1.54) is 6.42 Å². The van der Waals surface area contributed by atoms with Gasteiger partial charge >= 0.3 is 0 Å². The number of nitrogens with zero attached hydrogens (tertiary/aromatic N) is 2. The summed E-state index contributed by atoms with van der Waals surface area (Å²) in [5, 5.41) is 5.71. The van der Waals surface area contributed by atoms with Gasteiger partial charge in [-0.1, -0.05) is 29.8 Å². The Bertz CT molecular complexity index is 944. The molecule has 0 atom stereocenters. The zero-order valence-electron chi connectivity index (χ0n) is 12.7. The Kier molecular flexibility index (Phi) is 3.85. The highest BCUT2D eigenvalue weighted by molar-refractivity contribution is 7.94. The van der Waals surface area contributed by atoms with Crippen molar-refractivity contribution in [2.45, 2.75) is 29.4 Å². The summed E-state index contributed by atoms with van der Waals surface area (Å²) in [5.74, 6) is 1.44. The third-order valence-electron chi connectivity index (χ3n) is 4.02. The van der Waals surface area contributed by atoms with E-state index in [0.29, 0.717) is 28.9 Å². The Morgan fingerprint density at radius 2 is 2.00 bits per heavy atom. The Balaban J connectivity index is 1.56. The minimum absolute atomic E-state index is 0.219. The fraction of sp³-hybridized carbons (Fsp3) is 0.250. The lowest BCUT2D eigenvalue weighted by Crippen LogP contribution is -2.11. The van der Waals surface area contributed by atoms with Crippen LogP contribution in [-0.2, 0) is 10.0 Å². The van der Waals surface area contributed by atoms with Crippen molar-refractivity contribution in [1.82, 2.24) is 10.1 Å². The minimum atomic E-state index is -3.62. The van der Waals surface area contributed by atoms with E-state index in [4.69, 9.17) is 4.52 Å². The third-order valence-corrected chi connectivity index (χ3v) is 6.84. The fourth-order valence-corrected chi connectivity index (χ4v) is 4.68. The van der Waals surface area contributed by atoms with E-state index in [9.17, 15) is 8.42 Å². The van der Waals surface area contributed by atoms with Crippen LogP contribution in [-0.4, -0.2) is 18.6 Å². The molecule has 3 aromatic rings. The van der Waals surface area contributed by atoms with E-state index < -0.39 is 10.0 Å². The van der Waals surface area contributed by atoms with Gasteiger partial charge in [0.25, 0.3) is 10.0 Å². The summed E-state index contributed by atoms with van der Waals surface area (Å²) in [4.78, 5) is 4.40. The van der Waals surface area contributed by atoms with Gasteiger partial charge in [-0.05, 0) is 31.0 Å². The first-order chi connectivity index (χ1) is 11.6. The molecule has 0 amide bonds. The van der Waals surface area contributed by atoms with Crippen molar-refractivity contribution in [3.63, 3.8) is 0 Å². The van der Waals surface area contributed by atoms with Crippen LogP contribution >= 0.6 is 11.3 Å². The van der Waals surface area contributed by atoms with Crippen LogP contribution in [0.3, 0.4) is 0 Å². The second-order valence-electron chi connectivity index (χ2n) is 5.71. The molecule has 24 heavy (non-hydrogen) atoms. The van der Waals surface area contributed by atoms with E-state index in [-0.39, 0.29) is 4.21 Å². The molecule has 1 aliphatic rings. The number of para-hydroxylation sites is 1. The molecule has 0 aliphatic heterocycles. The van der Waals surface area contributed by atoms with Gasteiger partial charge in [0.15, 0.2) is 0 Å². The molecule has 0 saturated heterocycles. The maximum absolute atomic E-state index is 12.5. The normalized spacial score (nSPS) is 15.2. The Morgan fingerprint density at radius 3 is 2.71 bits per heavy atom. The number of anilines is 1. The van der Waals surface area contributed by atoms with E-state index in [2.05, 4.69) is 14.9 Å². The molecule has 1 aromatic carbocycles. The summed E-state index contributed by atoms with van der Waals surface area (Å²) in [5.41, 5.74) is 1.18. The maximum atomic E-state index is 12.5. The largest absolute Gasteiger partial charge is 0.339 e. The predicted molar refractivity (Wildman–Crippen MR) is 91.5 cm³/mol. The molecule has 1 fully saturated rings. The smallest absolute Gasteiger partial charge is 0.271 e. The lowest BCUT2D eigenvalue weighted by Gasteiger charge is -2.20. The monoisotopic (exact) mass is 361 g/mol. The highest BCUT2D eigenvalue weighted by Crippen LogP contribution is 2.36. The molecule has 1 saturated carbocycles. The highest BCUT2D eigenvalue weighted by atomic mass is 32.2.